The second-order valence-corrected chi connectivity index (χ2v) is 5.21. The molecule has 1 aromatic heterocycles. The van der Waals surface area contributed by atoms with Crippen molar-refractivity contribution in [3.05, 3.63) is 35.5 Å². The van der Waals surface area contributed by atoms with Crippen molar-refractivity contribution in [1.82, 2.24) is 4.57 Å². The van der Waals surface area contributed by atoms with E-state index >= 15 is 0 Å². The van der Waals surface area contributed by atoms with Gasteiger partial charge in [0.2, 0.25) is 0 Å². The molecule has 104 valence electrons. The van der Waals surface area contributed by atoms with Crippen molar-refractivity contribution in [3.63, 3.8) is 0 Å². The summed E-state index contributed by atoms with van der Waals surface area (Å²) in [4.78, 5) is 15.7. The van der Waals surface area contributed by atoms with Gasteiger partial charge in [-0.3, -0.25) is 0 Å². The first kappa shape index (κ1) is 12.9. The molecule has 0 atom stereocenters. The summed E-state index contributed by atoms with van der Waals surface area (Å²) in [5.74, 6) is -0.387. The van der Waals surface area contributed by atoms with Crippen LogP contribution in [0.15, 0.2) is 29.4 Å². The number of aromatic nitrogens is 1. The third-order valence-electron chi connectivity index (χ3n) is 3.80. The van der Waals surface area contributed by atoms with E-state index in [1.165, 1.54) is 36.4 Å². The standard InChI is InChI=1S/C16H18N2O2/c1-11(17-20-12(2)19)16-13-7-3-4-8-14(13)18-10-6-5-9-15(16)18/h3-4,7-8H,5-6,9-10H2,1-2H3/b17-11+. The first-order valence-electron chi connectivity index (χ1n) is 7.01. The molecule has 4 heteroatoms. The van der Waals surface area contributed by atoms with Gasteiger partial charge in [0.05, 0.1) is 5.71 Å². The van der Waals surface area contributed by atoms with Crippen LogP contribution in [0, 0.1) is 0 Å². The number of hydrogen-bond acceptors (Lipinski definition) is 3. The van der Waals surface area contributed by atoms with E-state index in [-0.39, 0.29) is 5.97 Å². The number of benzene rings is 1. The average molecular weight is 270 g/mol. The lowest BCUT2D eigenvalue weighted by Crippen LogP contribution is -2.12. The Labute approximate surface area is 118 Å². The van der Waals surface area contributed by atoms with E-state index in [1.54, 1.807) is 0 Å². The Morgan fingerprint density at radius 2 is 2.05 bits per heavy atom. The Hall–Kier alpha value is -2.10. The minimum Gasteiger partial charge on any atom is -0.344 e. The van der Waals surface area contributed by atoms with Crippen molar-refractivity contribution in [2.75, 3.05) is 0 Å². The van der Waals surface area contributed by atoms with E-state index in [9.17, 15) is 4.79 Å². The molecule has 0 fully saturated rings. The van der Waals surface area contributed by atoms with Gasteiger partial charge in [0.15, 0.2) is 0 Å². The lowest BCUT2D eigenvalue weighted by molar-refractivity contribution is -0.140. The van der Waals surface area contributed by atoms with Crippen LogP contribution in [0.5, 0.6) is 0 Å². The molecule has 0 saturated carbocycles. The molecule has 1 aliphatic heterocycles. The molecule has 0 radical (unpaired) electrons. The predicted octanol–water partition coefficient (Wildman–Crippen LogP) is 3.26. The van der Waals surface area contributed by atoms with Crippen LogP contribution in [0.4, 0.5) is 0 Å². The number of para-hydroxylation sites is 1. The zero-order chi connectivity index (χ0) is 14.1. The predicted molar refractivity (Wildman–Crippen MR) is 78.9 cm³/mol. The second kappa shape index (κ2) is 5.12. The topological polar surface area (TPSA) is 43.6 Å². The number of fused-ring (bicyclic) bond motifs is 3. The van der Waals surface area contributed by atoms with Crippen LogP contribution in [0.1, 0.15) is 37.9 Å². The fraction of sp³-hybridized carbons (Fsp3) is 0.375. The Balaban J connectivity index is 2.19. The fourth-order valence-corrected chi connectivity index (χ4v) is 3.02. The van der Waals surface area contributed by atoms with E-state index in [1.807, 2.05) is 13.0 Å². The van der Waals surface area contributed by atoms with Crippen LogP contribution in [-0.2, 0) is 22.6 Å². The quantitative estimate of drug-likeness (QED) is 0.477. The Morgan fingerprint density at radius 1 is 1.25 bits per heavy atom. The van der Waals surface area contributed by atoms with Crippen LogP contribution in [-0.4, -0.2) is 16.2 Å². The third kappa shape index (κ3) is 2.11. The number of carbonyl (C=O) groups excluding carboxylic acids is 1. The largest absolute Gasteiger partial charge is 0.344 e. The highest BCUT2D eigenvalue weighted by Gasteiger charge is 2.21. The minimum absolute atomic E-state index is 0.387. The first-order chi connectivity index (χ1) is 9.68. The number of oxime groups is 1. The van der Waals surface area contributed by atoms with Gasteiger partial charge in [-0.05, 0) is 32.3 Å². The van der Waals surface area contributed by atoms with Gasteiger partial charge in [0.25, 0.3) is 0 Å². The zero-order valence-electron chi connectivity index (χ0n) is 11.8. The summed E-state index contributed by atoms with van der Waals surface area (Å²) in [5, 5.41) is 5.17. The smallest absolute Gasteiger partial charge is 0.331 e. The van der Waals surface area contributed by atoms with Crippen molar-refractivity contribution in [2.24, 2.45) is 5.16 Å². The fourth-order valence-electron chi connectivity index (χ4n) is 3.02. The molecule has 0 N–H and O–H groups in total. The summed E-state index contributed by atoms with van der Waals surface area (Å²) in [5.41, 5.74) is 4.45. The van der Waals surface area contributed by atoms with Gasteiger partial charge < -0.3 is 9.40 Å². The average Bonchev–Trinajstić information content (AvgIpc) is 2.79. The molecule has 0 aliphatic carbocycles. The Morgan fingerprint density at radius 3 is 2.85 bits per heavy atom. The number of hydrogen-bond donors (Lipinski definition) is 0. The highest BCUT2D eigenvalue weighted by Crippen LogP contribution is 2.31. The summed E-state index contributed by atoms with van der Waals surface area (Å²) in [6, 6.07) is 8.36. The van der Waals surface area contributed by atoms with E-state index in [0.29, 0.717) is 0 Å². The maximum absolute atomic E-state index is 10.9. The monoisotopic (exact) mass is 270 g/mol. The van der Waals surface area contributed by atoms with Crippen molar-refractivity contribution in [3.8, 4) is 0 Å². The van der Waals surface area contributed by atoms with Crippen molar-refractivity contribution in [2.45, 2.75) is 39.7 Å². The van der Waals surface area contributed by atoms with Gasteiger partial charge in [0.1, 0.15) is 0 Å². The van der Waals surface area contributed by atoms with Gasteiger partial charge in [-0.25, -0.2) is 4.79 Å². The number of rotatable bonds is 2. The second-order valence-electron chi connectivity index (χ2n) is 5.21. The molecule has 20 heavy (non-hydrogen) atoms. The molecule has 3 rings (SSSR count). The van der Waals surface area contributed by atoms with E-state index in [2.05, 4.69) is 27.9 Å². The maximum Gasteiger partial charge on any atom is 0.331 e. The van der Waals surface area contributed by atoms with Crippen LogP contribution in [0.3, 0.4) is 0 Å². The molecule has 2 heterocycles. The Kier molecular flexibility index (Phi) is 3.30. The number of nitrogens with zero attached hydrogens (tertiary/aromatic N) is 2. The molecule has 0 unspecified atom stereocenters. The van der Waals surface area contributed by atoms with E-state index in [4.69, 9.17) is 4.84 Å². The normalized spacial score (nSPS) is 15.2. The van der Waals surface area contributed by atoms with E-state index in [0.717, 1.165) is 24.2 Å². The highest BCUT2D eigenvalue weighted by molar-refractivity contribution is 6.11. The van der Waals surface area contributed by atoms with Gasteiger partial charge in [-0.2, -0.15) is 0 Å². The first-order valence-corrected chi connectivity index (χ1v) is 7.01. The van der Waals surface area contributed by atoms with Crippen molar-refractivity contribution >= 4 is 22.6 Å². The van der Waals surface area contributed by atoms with Gasteiger partial charge >= 0.3 is 5.97 Å². The molecule has 0 amide bonds. The maximum atomic E-state index is 10.9. The molecule has 1 aliphatic rings. The van der Waals surface area contributed by atoms with Crippen LogP contribution < -0.4 is 0 Å². The van der Waals surface area contributed by atoms with Gasteiger partial charge in [-0.1, -0.05) is 23.4 Å². The molecule has 1 aromatic carbocycles. The number of carbonyl (C=O) groups is 1. The van der Waals surface area contributed by atoms with Gasteiger partial charge in [-0.15, -0.1) is 0 Å². The van der Waals surface area contributed by atoms with Crippen molar-refractivity contribution in [1.29, 1.82) is 0 Å². The molecular formula is C16H18N2O2. The summed E-state index contributed by atoms with van der Waals surface area (Å²) in [6.07, 6.45) is 3.46. The third-order valence-corrected chi connectivity index (χ3v) is 3.80. The molecule has 0 bridgehead atoms. The SMILES string of the molecule is CC(=O)O/N=C(\C)c1c2n(c3ccccc13)CCCC2. The Bertz CT molecular complexity index is 698. The number of aryl methyl sites for hydroxylation is 1. The minimum atomic E-state index is -0.387. The molecule has 0 saturated heterocycles. The lowest BCUT2D eigenvalue weighted by atomic mass is 10.0. The summed E-state index contributed by atoms with van der Waals surface area (Å²) >= 11 is 0. The lowest BCUT2D eigenvalue weighted by Gasteiger charge is -2.17. The molecule has 4 nitrogen and oxygen atoms in total. The van der Waals surface area contributed by atoms with Crippen LogP contribution >= 0.6 is 0 Å². The summed E-state index contributed by atoms with van der Waals surface area (Å²) in [6.45, 7) is 4.32. The van der Waals surface area contributed by atoms with E-state index < -0.39 is 0 Å². The zero-order valence-corrected chi connectivity index (χ0v) is 11.8. The van der Waals surface area contributed by atoms with Crippen LogP contribution in [0.25, 0.3) is 10.9 Å². The molecule has 0 spiro atoms. The summed E-state index contributed by atoms with van der Waals surface area (Å²) < 4.78 is 2.38. The van der Waals surface area contributed by atoms with Crippen molar-refractivity contribution < 1.29 is 9.63 Å². The molecule has 2 aromatic rings. The van der Waals surface area contributed by atoms with Gasteiger partial charge in [0, 0.05) is 35.6 Å². The summed E-state index contributed by atoms with van der Waals surface area (Å²) in [7, 11) is 0. The highest BCUT2D eigenvalue weighted by atomic mass is 16.7. The molecular weight excluding hydrogens is 252 g/mol. The van der Waals surface area contributed by atoms with Crippen LogP contribution in [0.2, 0.25) is 0 Å².